The zero-order valence-electron chi connectivity index (χ0n) is 13.8. The summed E-state index contributed by atoms with van der Waals surface area (Å²) in [7, 11) is -2.02. The zero-order valence-corrected chi connectivity index (χ0v) is 14.6. The Kier molecular flexibility index (Phi) is 5.46. The Balaban J connectivity index is 2.14. The molecule has 0 fully saturated rings. The van der Waals surface area contributed by atoms with Gasteiger partial charge in [0.15, 0.2) is 0 Å². The van der Waals surface area contributed by atoms with E-state index in [0.717, 1.165) is 16.1 Å². The van der Waals surface area contributed by atoms with Gasteiger partial charge in [-0.2, -0.15) is 0 Å². The van der Waals surface area contributed by atoms with Crippen molar-refractivity contribution in [2.75, 3.05) is 29.5 Å². The topological polar surface area (TPSA) is 75.7 Å². The Bertz CT molecular complexity index is 799. The highest BCUT2D eigenvalue weighted by Crippen LogP contribution is 2.19. The molecule has 6 nitrogen and oxygen atoms in total. The largest absolute Gasteiger partial charge is 0.497 e. The lowest BCUT2D eigenvalue weighted by molar-refractivity contribution is -0.114. The molecule has 0 aliphatic heterocycles. The molecule has 0 spiro atoms. The van der Waals surface area contributed by atoms with E-state index in [0.29, 0.717) is 17.1 Å². The van der Waals surface area contributed by atoms with Crippen LogP contribution in [0.5, 0.6) is 5.75 Å². The molecular formula is C17H20N2O4S. The van der Waals surface area contributed by atoms with Crippen molar-refractivity contribution < 1.29 is 17.9 Å². The molecule has 0 saturated carbocycles. The normalized spacial score (nSPS) is 11.0. The van der Waals surface area contributed by atoms with Crippen molar-refractivity contribution in [3.05, 3.63) is 54.1 Å². The minimum absolute atomic E-state index is 0.298. The lowest BCUT2D eigenvalue weighted by Crippen LogP contribution is -2.37. The Morgan fingerprint density at radius 3 is 2.17 bits per heavy atom. The zero-order chi connectivity index (χ0) is 17.7. The minimum Gasteiger partial charge on any atom is -0.497 e. The van der Waals surface area contributed by atoms with Crippen molar-refractivity contribution in [1.29, 1.82) is 0 Å². The molecule has 0 atom stereocenters. The predicted octanol–water partition coefficient (Wildman–Crippen LogP) is 2.41. The highest BCUT2D eigenvalue weighted by molar-refractivity contribution is 7.92. The summed E-state index contributed by atoms with van der Waals surface area (Å²) in [4.78, 5) is 12.2. The summed E-state index contributed by atoms with van der Waals surface area (Å²) in [5, 5.41) is 2.68. The van der Waals surface area contributed by atoms with Gasteiger partial charge in [-0.25, -0.2) is 8.42 Å². The summed E-state index contributed by atoms with van der Waals surface area (Å²) >= 11 is 0. The maximum atomic E-state index is 12.2. The number of benzene rings is 2. The Morgan fingerprint density at radius 1 is 1.08 bits per heavy atom. The van der Waals surface area contributed by atoms with E-state index < -0.39 is 15.9 Å². The number of hydrogen-bond donors (Lipinski definition) is 1. The van der Waals surface area contributed by atoms with Gasteiger partial charge in [-0.3, -0.25) is 9.10 Å². The second-order valence-corrected chi connectivity index (χ2v) is 7.29. The lowest BCUT2D eigenvalue weighted by atomic mass is 10.2. The summed E-state index contributed by atoms with van der Waals surface area (Å²) < 4.78 is 30.2. The number of anilines is 2. The first-order valence-electron chi connectivity index (χ1n) is 7.28. The van der Waals surface area contributed by atoms with Crippen molar-refractivity contribution >= 4 is 27.3 Å². The number of ether oxygens (including phenoxy) is 1. The van der Waals surface area contributed by atoms with Crippen molar-refractivity contribution in [1.82, 2.24) is 0 Å². The van der Waals surface area contributed by atoms with Crippen molar-refractivity contribution in [3.63, 3.8) is 0 Å². The molecule has 1 N–H and O–H groups in total. The van der Waals surface area contributed by atoms with Crippen LogP contribution in [0.25, 0.3) is 0 Å². The lowest BCUT2D eigenvalue weighted by Gasteiger charge is -2.22. The molecular weight excluding hydrogens is 328 g/mol. The quantitative estimate of drug-likeness (QED) is 0.870. The van der Waals surface area contributed by atoms with Gasteiger partial charge in [-0.05, 0) is 43.3 Å². The van der Waals surface area contributed by atoms with Crippen LogP contribution < -0.4 is 14.4 Å². The second-order valence-electron chi connectivity index (χ2n) is 5.38. The van der Waals surface area contributed by atoms with E-state index in [1.54, 1.807) is 55.6 Å². The SMILES string of the molecule is COc1ccc(NC(=O)CN(c2ccc(C)cc2)S(C)(=O)=O)cc1. The van der Waals surface area contributed by atoms with Gasteiger partial charge >= 0.3 is 0 Å². The number of amides is 1. The van der Waals surface area contributed by atoms with Crippen LogP contribution in [0.4, 0.5) is 11.4 Å². The number of aryl methyl sites for hydroxylation is 1. The van der Waals surface area contributed by atoms with Gasteiger partial charge in [0, 0.05) is 5.69 Å². The smallest absolute Gasteiger partial charge is 0.245 e. The number of rotatable bonds is 6. The summed E-state index contributed by atoms with van der Waals surface area (Å²) in [6.45, 7) is 1.61. The van der Waals surface area contributed by atoms with Crippen molar-refractivity contribution in [3.8, 4) is 5.75 Å². The third kappa shape index (κ3) is 4.73. The Hall–Kier alpha value is -2.54. The number of methoxy groups -OCH3 is 1. The van der Waals surface area contributed by atoms with E-state index in [1.807, 2.05) is 6.92 Å². The molecule has 7 heteroatoms. The van der Waals surface area contributed by atoms with Gasteiger partial charge in [0.1, 0.15) is 12.3 Å². The van der Waals surface area contributed by atoms with Crippen molar-refractivity contribution in [2.24, 2.45) is 0 Å². The first-order valence-corrected chi connectivity index (χ1v) is 9.13. The van der Waals surface area contributed by atoms with E-state index in [9.17, 15) is 13.2 Å². The molecule has 0 saturated heterocycles. The van der Waals surface area contributed by atoms with Crippen LogP contribution in [0.15, 0.2) is 48.5 Å². The molecule has 2 rings (SSSR count). The standard InChI is InChI=1S/C17H20N2O4S/c1-13-4-8-15(9-5-13)19(24(3,21)22)12-17(20)18-14-6-10-16(23-2)11-7-14/h4-11H,12H2,1-3H3,(H,18,20). The molecule has 0 aliphatic carbocycles. The fourth-order valence-electron chi connectivity index (χ4n) is 2.12. The maximum absolute atomic E-state index is 12.2. The number of hydrogen-bond acceptors (Lipinski definition) is 4. The Morgan fingerprint density at radius 2 is 1.67 bits per heavy atom. The number of carbonyl (C=O) groups is 1. The number of sulfonamides is 1. The van der Waals surface area contributed by atoms with Crippen LogP contribution in [0.1, 0.15) is 5.56 Å². The van der Waals surface area contributed by atoms with Crippen LogP contribution in [-0.4, -0.2) is 34.2 Å². The number of nitrogens with one attached hydrogen (secondary N) is 1. The van der Waals surface area contributed by atoms with Crippen LogP contribution >= 0.6 is 0 Å². The summed E-state index contributed by atoms with van der Waals surface area (Å²) in [5.41, 5.74) is 2.03. The highest BCUT2D eigenvalue weighted by Gasteiger charge is 2.20. The average molecular weight is 348 g/mol. The maximum Gasteiger partial charge on any atom is 0.245 e. The van der Waals surface area contributed by atoms with Crippen LogP contribution in [0.3, 0.4) is 0 Å². The van der Waals surface area contributed by atoms with Crippen LogP contribution in [0.2, 0.25) is 0 Å². The summed E-state index contributed by atoms with van der Waals surface area (Å²) in [6, 6.07) is 13.8. The molecule has 0 radical (unpaired) electrons. The molecule has 0 bridgehead atoms. The highest BCUT2D eigenvalue weighted by atomic mass is 32.2. The van der Waals surface area contributed by atoms with Gasteiger partial charge in [0.2, 0.25) is 15.9 Å². The third-order valence-electron chi connectivity index (χ3n) is 3.38. The first kappa shape index (κ1) is 17.8. The second kappa shape index (κ2) is 7.35. The van der Waals surface area contributed by atoms with Crippen molar-refractivity contribution in [2.45, 2.75) is 6.92 Å². The fourth-order valence-corrected chi connectivity index (χ4v) is 2.97. The molecule has 0 aliphatic rings. The molecule has 2 aromatic rings. The Labute approximate surface area is 142 Å². The molecule has 128 valence electrons. The third-order valence-corrected chi connectivity index (χ3v) is 4.52. The molecule has 24 heavy (non-hydrogen) atoms. The molecule has 0 aromatic heterocycles. The van der Waals surface area contributed by atoms with E-state index >= 15 is 0 Å². The predicted molar refractivity (Wildman–Crippen MR) is 95.0 cm³/mol. The molecule has 2 aromatic carbocycles. The van der Waals surface area contributed by atoms with Gasteiger partial charge in [0.05, 0.1) is 19.1 Å². The summed E-state index contributed by atoms with van der Waals surface area (Å²) in [5.74, 6) is 0.247. The van der Waals surface area contributed by atoms with Gasteiger partial charge in [0.25, 0.3) is 0 Å². The van der Waals surface area contributed by atoms with E-state index in [2.05, 4.69) is 5.32 Å². The van der Waals surface area contributed by atoms with Crippen LogP contribution in [0, 0.1) is 6.92 Å². The average Bonchev–Trinajstić information content (AvgIpc) is 2.53. The molecule has 0 heterocycles. The molecule has 1 amide bonds. The number of carbonyl (C=O) groups excluding carboxylic acids is 1. The van der Waals surface area contributed by atoms with E-state index in [-0.39, 0.29) is 6.54 Å². The summed E-state index contributed by atoms with van der Waals surface area (Å²) in [6.07, 6.45) is 1.08. The van der Waals surface area contributed by atoms with Gasteiger partial charge < -0.3 is 10.1 Å². The van der Waals surface area contributed by atoms with Gasteiger partial charge in [-0.15, -0.1) is 0 Å². The van der Waals surface area contributed by atoms with Gasteiger partial charge in [-0.1, -0.05) is 17.7 Å². The molecule has 0 unspecified atom stereocenters. The monoisotopic (exact) mass is 348 g/mol. The van der Waals surface area contributed by atoms with Crippen LogP contribution in [-0.2, 0) is 14.8 Å². The fraction of sp³-hybridized carbons (Fsp3) is 0.235. The van der Waals surface area contributed by atoms with E-state index in [1.165, 1.54) is 0 Å². The van der Waals surface area contributed by atoms with E-state index in [4.69, 9.17) is 4.74 Å². The number of nitrogens with zero attached hydrogens (tertiary/aromatic N) is 1. The first-order chi connectivity index (χ1) is 11.3. The minimum atomic E-state index is -3.58.